The van der Waals surface area contributed by atoms with Crippen LogP contribution in [0.1, 0.15) is 25.3 Å². The van der Waals surface area contributed by atoms with Crippen molar-refractivity contribution >= 4 is 28.6 Å². The van der Waals surface area contributed by atoms with Crippen LogP contribution in [0.2, 0.25) is 0 Å². The Labute approximate surface area is 152 Å². The number of ether oxygens (including phenoxy) is 1. The molecule has 1 aromatic carbocycles. The number of anilines is 1. The summed E-state index contributed by atoms with van der Waals surface area (Å²) in [6.45, 7) is 5.54. The summed E-state index contributed by atoms with van der Waals surface area (Å²) in [6, 6.07) is 6.15. The smallest absolute Gasteiger partial charge is 0.325 e. The van der Waals surface area contributed by atoms with Gasteiger partial charge in [0.2, 0.25) is 5.91 Å². The number of fused-ring (bicyclic) bond motifs is 1. The summed E-state index contributed by atoms with van der Waals surface area (Å²) < 4.78 is 4.83. The second-order valence-electron chi connectivity index (χ2n) is 6.50. The van der Waals surface area contributed by atoms with Gasteiger partial charge in [-0.2, -0.15) is 0 Å². The molecule has 0 atom stereocenters. The number of amides is 1. The van der Waals surface area contributed by atoms with Gasteiger partial charge in [0.15, 0.2) is 0 Å². The molecule has 1 N–H and O–H groups in total. The van der Waals surface area contributed by atoms with Gasteiger partial charge in [-0.15, -0.1) is 0 Å². The summed E-state index contributed by atoms with van der Waals surface area (Å²) in [6.07, 6.45) is 3.04. The minimum absolute atomic E-state index is 0.0668. The van der Waals surface area contributed by atoms with Gasteiger partial charge in [-0.25, -0.2) is 9.97 Å². The number of aromatic nitrogens is 2. The Morgan fingerprint density at radius 2 is 2.04 bits per heavy atom. The topological polar surface area (TPSA) is 84.4 Å². The average molecular weight is 356 g/mol. The molecule has 0 bridgehead atoms. The van der Waals surface area contributed by atoms with E-state index in [0.717, 1.165) is 42.7 Å². The Hall–Kier alpha value is -2.70. The Balaban J connectivity index is 1.61. The van der Waals surface area contributed by atoms with Crippen LogP contribution in [0.25, 0.3) is 10.9 Å². The predicted octanol–water partition coefficient (Wildman–Crippen LogP) is 1.83. The molecule has 26 heavy (non-hydrogen) atoms. The largest absolute Gasteiger partial charge is 0.465 e. The van der Waals surface area contributed by atoms with E-state index < -0.39 is 5.97 Å². The normalized spacial score (nSPS) is 15.1. The lowest BCUT2D eigenvalue weighted by Crippen LogP contribution is -2.42. The molecular weight excluding hydrogens is 332 g/mol. The van der Waals surface area contributed by atoms with Gasteiger partial charge in [-0.1, -0.05) is 11.6 Å². The molecule has 0 saturated carbocycles. The third-order valence-corrected chi connectivity index (χ3v) is 4.65. The molecule has 2 aromatic rings. The number of hydrogen-bond donors (Lipinski definition) is 1. The first-order chi connectivity index (χ1) is 12.6. The fourth-order valence-corrected chi connectivity index (χ4v) is 3.28. The van der Waals surface area contributed by atoms with Crippen LogP contribution in [0.5, 0.6) is 0 Å². The van der Waals surface area contributed by atoms with Gasteiger partial charge >= 0.3 is 5.97 Å². The molecule has 138 valence electrons. The molecule has 1 saturated heterocycles. The van der Waals surface area contributed by atoms with E-state index in [-0.39, 0.29) is 18.4 Å². The highest BCUT2D eigenvalue weighted by Crippen LogP contribution is 2.28. The van der Waals surface area contributed by atoms with E-state index >= 15 is 0 Å². The van der Waals surface area contributed by atoms with Gasteiger partial charge in [-0.3, -0.25) is 9.59 Å². The van der Waals surface area contributed by atoms with Crippen molar-refractivity contribution in [2.24, 2.45) is 5.92 Å². The van der Waals surface area contributed by atoms with Crippen LogP contribution < -0.4 is 10.2 Å². The maximum atomic E-state index is 12.2. The monoisotopic (exact) mass is 356 g/mol. The minimum atomic E-state index is -0.402. The van der Waals surface area contributed by atoms with Crippen molar-refractivity contribution in [1.82, 2.24) is 15.3 Å². The molecule has 1 aliphatic heterocycles. The summed E-state index contributed by atoms with van der Waals surface area (Å²) >= 11 is 0. The molecule has 7 heteroatoms. The summed E-state index contributed by atoms with van der Waals surface area (Å²) in [5.41, 5.74) is 2.09. The quantitative estimate of drug-likeness (QED) is 0.823. The summed E-state index contributed by atoms with van der Waals surface area (Å²) in [7, 11) is 0. The number of hydrogen-bond acceptors (Lipinski definition) is 6. The van der Waals surface area contributed by atoms with Crippen molar-refractivity contribution in [2.45, 2.75) is 26.7 Å². The highest BCUT2D eigenvalue weighted by molar-refractivity contribution is 5.90. The third kappa shape index (κ3) is 4.09. The molecule has 1 aromatic heterocycles. The van der Waals surface area contributed by atoms with Crippen molar-refractivity contribution in [3.63, 3.8) is 0 Å². The highest BCUT2D eigenvalue weighted by atomic mass is 16.5. The van der Waals surface area contributed by atoms with E-state index in [0.29, 0.717) is 6.61 Å². The molecule has 2 heterocycles. The zero-order valence-corrected chi connectivity index (χ0v) is 15.2. The highest BCUT2D eigenvalue weighted by Gasteiger charge is 2.26. The zero-order chi connectivity index (χ0) is 18.5. The van der Waals surface area contributed by atoms with E-state index in [2.05, 4.69) is 33.2 Å². The maximum absolute atomic E-state index is 12.2. The van der Waals surface area contributed by atoms with Gasteiger partial charge < -0.3 is 15.0 Å². The Bertz CT molecular complexity index is 800. The predicted molar refractivity (Wildman–Crippen MR) is 98.9 cm³/mol. The van der Waals surface area contributed by atoms with Crippen molar-refractivity contribution in [3.05, 3.63) is 30.1 Å². The van der Waals surface area contributed by atoms with Crippen molar-refractivity contribution < 1.29 is 14.3 Å². The second kappa shape index (κ2) is 8.12. The fourth-order valence-electron chi connectivity index (χ4n) is 3.28. The molecule has 1 aliphatic rings. The van der Waals surface area contributed by atoms with Crippen LogP contribution in [0.15, 0.2) is 24.5 Å². The molecule has 1 fully saturated rings. The summed E-state index contributed by atoms with van der Waals surface area (Å²) in [5, 5.41) is 3.71. The lowest BCUT2D eigenvalue weighted by molar-refractivity contribution is -0.143. The van der Waals surface area contributed by atoms with Crippen molar-refractivity contribution in [2.75, 3.05) is 31.1 Å². The standard InChI is InChI=1S/C19H24N4O3/c1-3-26-17(24)11-20-19(25)14-6-8-23(9-7-14)18-15-10-13(2)4-5-16(15)21-12-22-18/h4-5,10,12,14H,3,6-9,11H2,1-2H3,(H,20,25). The number of carbonyl (C=O) groups excluding carboxylic acids is 2. The molecule has 0 radical (unpaired) electrons. The third-order valence-electron chi connectivity index (χ3n) is 4.65. The van der Waals surface area contributed by atoms with Crippen LogP contribution in [-0.4, -0.2) is 48.1 Å². The van der Waals surface area contributed by atoms with E-state index in [1.54, 1.807) is 13.3 Å². The number of benzene rings is 1. The molecular formula is C19H24N4O3. The van der Waals surface area contributed by atoms with Crippen LogP contribution >= 0.6 is 0 Å². The number of aryl methyl sites for hydroxylation is 1. The number of nitrogens with one attached hydrogen (secondary N) is 1. The van der Waals surface area contributed by atoms with Crippen molar-refractivity contribution in [3.8, 4) is 0 Å². The SMILES string of the molecule is CCOC(=O)CNC(=O)C1CCN(c2ncnc3ccc(C)cc23)CC1. The first kappa shape index (κ1) is 18.1. The lowest BCUT2D eigenvalue weighted by atomic mass is 9.95. The molecule has 7 nitrogen and oxygen atoms in total. The Morgan fingerprint density at radius 3 is 2.77 bits per heavy atom. The van der Waals surface area contributed by atoms with Crippen LogP contribution in [0.3, 0.4) is 0 Å². The average Bonchev–Trinajstić information content (AvgIpc) is 2.66. The van der Waals surface area contributed by atoms with Crippen LogP contribution in [0, 0.1) is 12.8 Å². The number of rotatable bonds is 5. The van der Waals surface area contributed by atoms with Gasteiger partial charge in [0, 0.05) is 24.4 Å². The molecule has 1 amide bonds. The first-order valence-corrected chi connectivity index (χ1v) is 8.98. The number of piperidine rings is 1. The van der Waals surface area contributed by atoms with E-state index in [9.17, 15) is 9.59 Å². The molecule has 0 unspecified atom stereocenters. The van der Waals surface area contributed by atoms with Gasteiger partial charge in [-0.05, 0) is 38.8 Å². The lowest BCUT2D eigenvalue weighted by Gasteiger charge is -2.32. The van der Waals surface area contributed by atoms with Crippen LogP contribution in [-0.2, 0) is 14.3 Å². The van der Waals surface area contributed by atoms with E-state index in [4.69, 9.17) is 4.74 Å². The van der Waals surface area contributed by atoms with Gasteiger partial charge in [0.1, 0.15) is 18.7 Å². The van der Waals surface area contributed by atoms with Crippen molar-refractivity contribution in [1.29, 1.82) is 0 Å². The Kier molecular flexibility index (Phi) is 5.65. The first-order valence-electron chi connectivity index (χ1n) is 8.98. The zero-order valence-electron chi connectivity index (χ0n) is 15.2. The molecule has 3 rings (SSSR count). The Morgan fingerprint density at radius 1 is 1.27 bits per heavy atom. The number of nitrogens with zero attached hydrogens (tertiary/aromatic N) is 3. The molecule has 0 spiro atoms. The summed E-state index contributed by atoms with van der Waals surface area (Å²) in [4.78, 5) is 34.6. The van der Waals surface area contributed by atoms with E-state index in [1.165, 1.54) is 5.56 Å². The minimum Gasteiger partial charge on any atom is -0.465 e. The van der Waals surface area contributed by atoms with Gasteiger partial charge in [0.05, 0.1) is 12.1 Å². The number of carbonyl (C=O) groups is 2. The number of esters is 1. The fraction of sp³-hybridized carbons (Fsp3) is 0.474. The molecule has 0 aliphatic carbocycles. The van der Waals surface area contributed by atoms with Crippen LogP contribution in [0.4, 0.5) is 5.82 Å². The second-order valence-corrected chi connectivity index (χ2v) is 6.50. The van der Waals surface area contributed by atoms with E-state index in [1.807, 2.05) is 12.1 Å². The maximum Gasteiger partial charge on any atom is 0.325 e. The van der Waals surface area contributed by atoms with Gasteiger partial charge in [0.25, 0.3) is 0 Å². The summed E-state index contributed by atoms with van der Waals surface area (Å²) in [5.74, 6) is 0.349.